The van der Waals surface area contributed by atoms with Gasteiger partial charge >= 0.3 is 0 Å². The van der Waals surface area contributed by atoms with E-state index in [1.165, 1.54) is 193 Å². The summed E-state index contributed by atoms with van der Waals surface area (Å²) in [6, 6.07) is -0.994. The number of aliphatic hydroxyl groups excluding tert-OH is 11. The molecule has 0 aliphatic carbocycles. The highest BCUT2D eigenvalue weighted by molar-refractivity contribution is 5.76. The first-order valence-electron chi connectivity index (χ1n) is 37.0. The highest BCUT2D eigenvalue weighted by Gasteiger charge is 2.53. The quantitative estimate of drug-likeness (QED) is 0.0199. The maximum Gasteiger partial charge on any atom is 0.220 e. The van der Waals surface area contributed by atoms with Gasteiger partial charge in [0.1, 0.15) is 73.2 Å². The van der Waals surface area contributed by atoms with Crippen LogP contribution in [0, 0.1) is 0 Å². The van der Waals surface area contributed by atoms with E-state index in [4.69, 9.17) is 28.4 Å². The lowest BCUT2D eigenvalue weighted by atomic mass is 9.96. The van der Waals surface area contributed by atoms with Gasteiger partial charge in [0.25, 0.3) is 0 Å². The summed E-state index contributed by atoms with van der Waals surface area (Å²) in [5, 5.41) is 120. The standard InChI is InChI=1S/C74H133NO18/c1-3-5-7-9-11-13-14-15-16-17-18-19-20-21-22-23-24-25-26-27-28-29-30-31-32-33-34-35-36-37-38-39-40-41-42-44-46-48-50-52-62(80)75-57(58(79)51-49-47-45-43-12-10-8-6-4-2)56-88-72-68(86)65(83)70(60(54-77)90-72)93-74-69(87)66(84)71(61(55-78)91-74)92-73-67(85)64(82)63(81)59(53-76)89-73/h4,6,12,14-15,17-18,43,49,51,57-61,63-74,76-79,81-87H,3,5,7-11,13,16,19-42,44-48,50,52-56H2,1-2H3,(H,75,80)/b6-4+,15-14-,18-17-,43-12+,51-49+. The third kappa shape index (κ3) is 36.8. The third-order valence-corrected chi connectivity index (χ3v) is 18.4. The molecule has 12 N–H and O–H groups in total. The molecule has 0 aromatic rings. The predicted molar refractivity (Wildman–Crippen MR) is 365 cm³/mol. The summed E-state index contributed by atoms with van der Waals surface area (Å²) in [7, 11) is 0. The third-order valence-electron chi connectivity index (χ3n) is 18.4. The van der Waals surface area contributed by atoms with E-state index in [-0.39, 0.29) is 18.9 Å². The van der Waals surface area contributed by atoms with Crippen LogP contribution in [-0.4, -0.2) is 193 Å². The Morgan fingerprint density at radius 3 is 1.19 bits per heavy atom. The fraction of sp³-hybridized carbons (Fsp3) is 0.851. The molecule has 0 saturated carbocycles. The molecule has 0 aromatic carbocycles. The molecular formula is C74H133NO18. The van der Waals surface area contributed by atoms with Crippen molar-refractivity contribution in [1.82, 2.24) is 5.32 Å². The van der Waals surface area contributed by atoms with Crippen LogP contribution < -0.4 is 5.32 Å². The van der Waals surface area contributed by atoms with Gasteiger partial charge in [-0.1, -0.05) is 254 Å². The molecule has 3 heterocycles. The summed E-state index contributed by atoms with van der Waals surface area (Å²) in [6.45, 7) is 1.45. The van der Waals surface area contributed by atoms with E-state index in [2.05, 4.69) is 54.8 Å². The average molecular weight is 1320 g/mol. The first-order valence-corrected chi connectivity index (χ1v) is 37.0. The molecule has 0 bridgehead atoms. The van der Waals surface area contributed by atoms with E-state index in [0.29, 0.717) is 12.8 Å². The lowest BCUT2D eigenvalue weighted by Gasteiger charge is -2.48. The van der Waals surface area contributed by atoms with Crippen molar-refractivity contribution in [2.45, 2.75) is 375 Å². The van der Waals surface area contributed by atoms with Crippen molar-refractivity contribution in [3.05, 3.63) is 60.8 Å². The Bertz CT molecular complexity index is 1920. The minimum Gasteiger partial charge on any atom is -0.394 e. The molecule has 1 amide bonds. The monoisotopic (exact) mass is 1320 g/mol. The molecule has 3 rings (SSSR count). The Labute approximate surface area is 560 Å². The van der Waals surface area contributed by atoms with Gasteiger partial charge in [0.05, 0.1) is 38.6 Å². The van der Waals surface area contributed by atoms with Crippen LogP contribution in [0.15, 0.2) is 60.8 Å². The van der Waals surface area contributed by atoms with E-state index in [0.717, 1.165) is 44.9 Å². The molecular weight excluding hydrogens is 1190 g/mol. The first kappa shape index (κ1) is 84.7. The van der Waals surface area contributed by atoms with Crippen LogP contribution in [0.4, 0.5) is 0 Å². The van der Waals surface area contributed by atoms with E-state index >= 15 is 0 Å². The molecule has 0 spiro atoms. The molecule has 17 atom stereocenters. The van der Waals surface area contributed by atoms with Gasteiger partial charge in [-0.25, -0.2) is 0 Å². The molecule has 19 heteroatoms. The molecule has 0 aromatic heterocycles. The van der Waals surface area contributed by atoms with Crippen LogP contribution in [0.5, 0.6) is 0 Å². The molecule has 3 aliphatic rings. The van der Waals surface area contributed by atoms with Gasteiger partial charge < -0.3 is 89.9 Å². The second kappa shape index (κ2) is 55.4. The molecule has 3 aliphatic heterocycles. The summed E-state index contributed by atoms with van der Waals surface area (Å²) < 4.78 is 34.2. The number of nitrogens with one attached hydrogen (secondary N) is 1. The van der Waals surface area contributed by atoms with Crippen LogP contribution in [0.25, 0.3) is 0 Å². The molecule has 0 radical (unpaired) electrons. The van der Waals surface area contributed by atoms with Crippen molar-refractivity contribution in [2.75, 3.05) is 26.4 Å². The molecule has 3 saturated heterocycles. The highest BCUT2D eigenvalue weighted by atomic mass is 16.8. The van der Waals surface area contributed by atoms with Crippen LogP contribution >= 0.6 is 0 Å². The van der Waals surface area contributed by atoms with E-state index in [1.54, 1.807) is 6.08 Å². The van der Waals surface area contributed by atoms with Gasteiger partial charge in [0, 0.05) is 6.42 Å². The molecule has 3 fully saturated rings. The van der Waals surface area contributed by atoms with Crippen molar-refractivity contribution >= 4 is 5.91 Å². The summed E-state index contributed by atoms with van der Waals surface area (Å²) in [4.78, 5) is 13.3. The van der Waals surface area contributed by atoms with Gasteiger partial charge in [0.2, 0.25) is 5.91 Å². The fourth-order valence-corrected chi connectivity index (χ4v) is 12.4. The Kier molecular flexibility index (Phi) is 50.4. The van der Waals surface area contributed by atoms with E-state index in [9.17, 15) is 61.0 Å². The number of amides is 1. The largest absolute Gasteiger partial charge is 0.394 e. The Balaban J connectivity index is 1.25. The van der Waals surface area contributed by atoms with Crippen LogP contribution in [0.3, 0.4) is 0 Å². The van der Waals surface area contributed by atoms with Crippen LogP contribution in [-0.2, 0) is 33.2 Å². The smallest absolute Gasteiger partial charge is 0.220 e. The van der Waals surface area contributed by atoms with E-state index < -0.39 is 124 Å². The summed E-state index contributed by atoms with van der Waals surface area (Å²) >= 11 is 0. The number of aliphatic hydroxyl groups is 11. The SMILES string of the molecule is C/C=C/CC/C=C/CC/C=C/C(O)C(COC1OC(CO)C(OC2OC(CO)C(OC3OC(CO)C(O)C(O)C3O)C(O)C2O)C(O)C1O)NC(=O)CCCCCCCCCCCCCCCCCCCCCCCCCCCCC/C=C\C/C=C\CCCCCCC. The number of hydrogen-bond acceptors (Lipinski definition) is 18. The maximum absolute atomic E-state index is 13.3. The average Bonchev–Trinajstić information content (AvgIpc) is 0.900. The van der Waals surface area contributed by atoms with Crippen molar-refractivity contribution in [2.24, 2.45) is 0 Å². The Morgan fingerprint density at radius 1 is 0.409 bits per heavy atom. The highest BCUT2D eigenvalue weighted by Crippen LogP contribution is 2.33. The molecule has 542 valence electrons. The van der Waals surface area contributed by atoms with Crippen LogP contribution in [0.2, 0.25) is 0 Å². The second-order valence-corrected chi connectivity index (χ2v) is 26.4. The van der Waals surface area contributed by atoms with Gasteiger partial charge in [-0.2, -0.15) is 0 Å². The number of carbonyl (C=O) groups excluding carboxylic acids is 1. The molecule has 19 nitrogen and oxygen atoms in total. The van der Waals surface area contributed by atoms with Crippen molar-refractivity contribution in [1.29, 1.82) is 0 Å². The topological polar surface area (TPSA) is 307 Å². The first-order chi connectivity index (χ1) is 45.3. The number of carbonyl (C=O) groups is 1. The maximum atomic E-state index is 13.3. The van der Waals surface area contributed by atoms with Gasteiger partial charge in [-0.05, 0) is 71.1 Å². The minimum absolute atomic E-state index is 0.233. The Hall–Kier alpha value is -2.51. The van der Waals surface area contributed by atoms with Gasteiger partial charge in [-0.15, -0.1) is 0 Å². The number of hydrogen-bond donors (Lipinski definition) is 12. The zero-order chi connectivity index (χ0) is 67.5. The predicted octanol–water partition coefficient (Wildman–Crippen LogP) is 10.7. The van der Waals surface area contributed by atoms with E-state index in [1.807, 2.05) is 19.1 Å². The zero-order valence-corrected chi connectivity index (χ0v) is 57.5. The number of ether oxygens (including phenoxy) is 6. The second-order valence-electron chi connectivity index (χ2n) is 26.4. The van der Waals surface area contributed by atoms with Crippen molar-refractivity contribution in [3.63, 3.8) is 0 Å². The summed E-state index contributed by atoms with van der Waals surface area (Å²) in [5.74, 6) is -0.290. The number of unbranched alkanes of at least 4 members (excludes halogenated alkanes) is 34. The summed E-state index contributed by atoms with van der Waals surface area (Å²) in [6.07, 6.45) is 43.0. The van der Waals surface area contributed by atoms with Gasteiger partial charge in [-0.3, -0.25) is 4.79 Å². The zero-order valence-electron chi connectivity index (χ0n) is 57.5. The minimum atomic E-state index is -1.98. The number of rotatable bonds is 57. The number of allylic oxidation sites excluding steroid dienone is 9. The lowest BCUT2D eigenvalue weighted by molar-refractivity contribution is -0.379. The fourth-order valence-electron chi connectivity index (χ4n) is 12.4. The normalized spacial score (nSPS) is 27.9. The Morgan fingerprint density at radius 2 is 0.763 bits per heavy atom. The van der Waals surface area contributed by atoms with Crippen LogP contribution in [0.1, 0.15) is 271 Å². The molecule has 93 heavy (non-hydrogen) atoms. The molecule has 17 unspecified atom stereocenters. The van der Waals surface area contributed by atoms with Gasteiger partial charge in [0.15, 0.2) is 18.9 Å². The van der Waals surface area contributed by atoms with Crippen molar-refractivity contribution in [3.8, 4) is 0 Å². The summed E-state index contributed by atoms with van der Waals surface area (Å²) in [5.41, 5.74) is 0. The lowest BCUT2D eigenvalue weighted by Crippen LogP contribution is -2.66. The van der Waals surface area contributed by atoms with Crippen molar-refractivity contribution < 1.29 is 89.4 Å².